The Kier molecular flexibility index (Phi) is 13.6. The van der Waals surface area contributed by atoms with E-state index in [2.05, 4.69) is 13.6 Å². The molecule has 19 heavy (non-hydrogen) atoms. The molecule has 0 aromatic carbocycles. The predicted molar refractivity (Wildman–Crippen MR) is 71.1 cm³/mol. The minimum Gasteiger partial charge on any atom is -0.290 e. The van der Waals surface area contributed by atoms with Gasteiger partial charge in [0.15, 0.2) is 0 Å². The van der Waals surface area contributed by atoms with Crippen LogP contribution >= 0.6 is 15.6 Å². The smallest absolute Gasteiger partial charge is 0.290 e. The molecule has 0 saturated heterocycles. The third-order valence-corrected chi connectivity index (χ3v) is 4.60. The fourth-order valence-corrected chi connectivity index (χ4v) is 2.43. The zero-order valence-corrected chi connectivity index (χ0v) is 14.1. The lowest BCUT2D eigenvalue weighted by Crippen LogP contribution is -1.99. The van der Waals surface area contributed by atoms with Crippen LogP contribution in [0.1, 0.15) is 20.8 Å². The standard InChI is InChI=1S/C6H15O4P.C3H9O4P/c1-4-8-11(7,9-5-2)10-6-3;1-5-8(4,6-2)7-3/h4-6H2,1-3H3;1-3H3. The van der Waals surface area contributed by atoms with E-state index in [4.69, 9.17) is 13.6 Å². The highest BCUT2D eigenvalue weighted by Crippen LogP contribution is 2.48. The van der Waals surface area contributed by atoms with Gasteiger partial charge < -0.3 is 0 Å². The largest absolute Gasteiger partial charge is 0.474 e. The Morgan fingerprint density at radius 3 is 1.00 bits per heavy atom. The van der Waals surface area contributed by atoms with Crippen LogP contribution in [0.25, 0.3) is 0 Å². The molecule has 10 heteroatoms. The van der Waals surface area contributed by atoms with Crippen molar-refractivity contribution in [1.82, 2.24) is 0 Å². The summed E-state index contributed by atoms with van der Waals surface area (Å²) in [7, 11) is -2.61. The molecule has 0 aliphatic rings. The number of hydrogen-bond donors (Lipinski definition) is 0. The van der Waals surface area contributed by atoms with Gasteiger partial charge >= 0.3 is 15.6 Å². The number of rotatable bonds is 9. The number of hydrogen-bond acceptors (Lipinski definition) is 8. The molecule has 0 aliphatic carbocycles. The zero-order chi connectivity index (χ0) is 15.4. The summed E-state index contributed by atoms with van der Waals surface area (Å²) < 4.78 is 49.5. The third kappa shape index (κ3) is 10.6. The van der Waals surface area contributed by atoms with E-state index < -0.39 is 15.6 Å². The van der Waals surface area contributed by atoms with Crippen molar-refractivity contribution in [2.45, 2.75) is 20.8 Å². The number of phosphoric acid groups is 2. The van der Waals surface area contributed by atoms with Crippen molar-refractivity contribution < 1.29 is 36.3 Å². The second-order valence-corrected chi connectivity index (χ2v) is 6.35. The summed E-state index contributed by atoms with van der Waals surface area (Å²) in [5.41, 5.74) is 0. The van der Waals surface area contributed by atoms with Gasteiger partial charge in [-0.25, -0.2) is 9.13 Å². The quantitative estimate of drug-likeness (QED) is 0.598. The van der Waals surface area contributed by atoms with Gasteiger partial charge in [-0.05, 0) is 20.8 Å². The van der Waals surface area contributed by atoms with Crippen molar-refractivity contribution in [3.8, 4) is 0 Å². The molecule has 0 aromatic heterocycles. The maximum absolute atomic E-state index is 11.3. The Hall–Kier alpha value is 0.220. The summed E-state index contributed by atoms with van der Waals surface area (Å²) in [4.78, 5) is 0. The molecule has 0 spiro atoms. The first-order valence-electron chi connectivity index (χ1n) is 5.67. The average Bonchev–Trinajstić information content (AvgIpc) is 2.39. The minimum atomic E-state index is -3.22. The highest BCUT2D eigenvalue weighted by atomic mass is 31.2. The fraction of sp³-hybridized carbons (Fsp3) is 1.00. The summed E-state index contributed by atoms with van der Waals surface area (Å²) >= 11 is 0. The molecule has 0 aromatic rings. The first kappa shape index (κ1) is 21.5. The van der Waals surface area contributed by atoms with Gasteiger partial charge in [-0.3, -0.25) is 27.1 Å². The van der Waals surface area contributed by atoms with Crippen LogP contribution < -0.4 is 0 Å². The highest BCUT2D eigenvalue weighted by Gasteiger charge is 2.23. The SMILES string of the molecule is CCOP(=O)(OCC)OCC.COP(=O)(OC)OC. The van der Waals surface area contributed by atoms with E-state index in [1.165, 1.54) is 21.3 Å². The second kappa shape index (κ2) is 12.0. The van der Waals surface area contributed by atoms with Gasteiger partial charge in [0.25, 0.3) is 0 Å². The first-order chi connectivity index (χ1) is 8.86. The highest BCUT2D eigenvalue weighted by molar-refractivity contribution is 7.48. The van der Waals surface area contributed by atoms with Gasteiger partial charge in [0.2, 0.25) is 0 Å². The van der Waals surface area contributed by atoms with Crippen LogP contribution in [0.5, 0.6) is 0 Å². The Labute approximate surface area is 114 Å². The first-order valence-corrected chi connectivity index (χ1v) is 8.59. The molecule has 8 nitrogen and oxygen atoms in total. The maximum atomic E-state index is 11.3. The van der Waals surface area contributed by atoms with Gasteiger partial charge in [0.1, 0.15) is 0 Å². The molecule has 0 saturated carbocycles. The van der Waals surface area contributed by atoms with Crippen LogP contribution in [-0.2, 0) is 36.3 Å². The van der Waals surface area contributed by atoms with Crippen LogP contribution in [0, 0.1) is 0 Å². The molecule has 0 N–H and O–H groups in total. The summed E-state index contributed by atoms with van der Waals surface area (Å²) in [6, 6.07) is 0. The molecule has 0 bridgehead atoms. The van der Waals surface area contributed by atoms with Gasteiger partial charge in [0, 0.05) is 21.3 Å². The summed E-state index contributed by atoms with van der Waals surface area (Å²) in [5, 5.41) is 0. The third-order valence-electron chi connectivity index (χ3n) is 1.53. The van der Waals surface area contributed by atoms with E-state index >= 15 is 0 Å². The van der Waals surface area contributed by atoms with Crippen LogP contribution in [0.4, 0.5) is 0 Å². The van der Waals surface area contributed by atoms with Crippen molar-refractivity contribution in [3.63, 3.8) is 0 Å². The maximum Gasteiger partial charge on any atom is 0.474 e. The van der Waals surface area contributed by atoms with E-state index in [-0.39, 0.29) is 0 Å². The number of phosphoric ester groups is 2. The molecule has 0 unspecified atom stereocenters. The van der Waals surface area contributed by atoms with Gasteiger partial charge in [-0.15, -0.1) is 0 Å². The summed E-state index contributed by atoms with van der Waals surface area (Å²) in [6.07, 6.45) is 0. The lowest BCUT2D eigenvalue weighted by atomic mass is 10.9. The van der Waals surface area contributed by atoms with Gasteiger partial charge in [-0.2, -0.15) is 0 Å². The summed E-state index contributed by atoms with van der Waals surface area (Å²) in [5.74, 6) is 0. The monoisotopic (exact) mass is 322 g/mol. The molecule has 0 amide bonds. The van der Waals surface area contributed by atoms with Crippen LogP contribution in [0.15, 0.2) is 0 Å². The molecular formula is C9H24O8P2. The van der Waals surface area contributed by atoms with Gasteiger partial charge in [-0.1, -0.05) is 0 Å². The van der Waals surface area contributed by atoms with E-state index in [0.29, 0.717) is 19.8 Å². The molecule has 118 valence electrons. The van der Waals surface area contributed by atoms with Crippen LogP contribution in [-0.4, -0.2) is 41.2 Å². The van der Waals surface area contributed by atoms with Crippen molar-refractivity contribution >= 4 is 15.6 Å². The molecular weight excluding hydrogens is 298 g/mol. The Morgan fingerprint density at radius 2 is 0.895 bits per heavy atom. The average molecular weight is 322 g/mol. The lowest BCUT2D eigenvalue weighted by molar-refractivity contribution is 0.126. The van der Waals surface area contributed by atoms with Crippen molar-refractivity contribution in [2.75, 3.05) is 41.2 Å². The van der Waals surface area contributed by atoms with Crippen molar-refractivity contribution in [3.05, 3.63) is 0 Å². The normalized spacial score (nSPS) is 11.9. The molecule has 0 heterocycles. The lowest BCUT2D eigenvalue weighted by Gasteiger charge is -2.14. The van der Waals surface area contributed by atoms with Gasteiger partial charge in [0.05, 0.1) is 19.8 Å². The van der Waals surface area contributed by atoms with Crippen molar-refractivity contribution in [2.24, 2.45) is 0 Å². The fourth-order valence-electron chi connectivity index (χ4n) is 0.810. The van der Waals surface area contributed by atoms with E-state index in [1.807, 2.05) is 0 Å². The van der Waals surface area contributed by atoms with E-state index in [1.54, 1.807) is 20.8 Å². The van der Waals surface area contributed by atoms with Crippen molar-refractivity contribution in [1.29, 1.82) is 0 Å². The molecule has 0 radical (unpaired) electrons. The Balaban J connectivity index is 0. The van der Waals surface area contributed by atoms with Crippen LogP contribution in [0.3, 0.4) is 0 Å². The molecule has 0 fully saturated rings. The minimum absolute atomic E-state index is 0.331. The Morgan fingerprint density at radius 1 is 0.632 bits per heavy atom. The molecule has 0 rings (SSSR count). The van der Waals surface area contributed by atoms with Crippen LogP contribution in [0.2, 0.25) is 0 Å². The summed E-state index contributed by atoms with van der Waals surface area (Å²) in [6.45, 7) is 6.21. The topological polar surface area (TPSA) is 89.5 Å². The van der Waals surface area contributed by atoms with E-state index in [9.17, 15) is 9.13 Å². The zero-order valence-electron chi connectivity index (χ0n) is 12.3. The van der Waals surface area contributed by atoms with E-state index in [0.717, 1.165) is 0 Å². The predicted octanol–water partition coefficient (Wildman–Crippen LogP) is 3.24. The molecule has 0 atom stereocenters. The Bertz CT molecular complexity index is 253. The molecule has 0 aliphatic heterocycles. The second-order valence-electron chi connectivity index (χ2n) is 2.70.